The number of fused-ring (bicyclic) bond motifs is 3. The second kappa shape index (κ2) is 6.48. The molecule has 3 aliphatic rings. The summed E-state index contributed by atoms with van der Waals surface area (Å²) < 4.78 is 5.69. The van der Waals surface area contributed by atoms with Crippen LogP contribution in [0.15, 0.2) is 0 Å². The molecule has 4 nitrogen and oxygen atoms in total. The van der Waals surface area contributed by atoms with Gasteiger partial charge in [0.2, 0.25) is 0 Å². The fraction of sp³-hybridized carbons (Fsp3) is 0.955. The summed E-state index contributed by atoms with van der Waals surface area (Å²) in [5, 5.41) is 22.2. The van der Waals surface area contributed by atoms with Crippen LogP contribution < -0.4 is 0 Å². The van der Waals surface area contributed by atoms with Gasteiger partial charge in [0.15, 0.2) is 0 Å². The van der Waals surface area contributed by atoms with Crippen LogP contribution in [0.5, 0.6) is 0 Å². The van der Waals surface area contributed by atoms with Crippen molar-refractivity contribution >= 4 is 5.97 Å². The maximum absolute atomic E-state index is 11.6. The van der Waals surface area contributed by atoms with Crippen molar-refractivity contribution in [1.29, 1.82) is 0 Å². The molecule has 3 aliphatic carbocycles. The van der Waals surface area contributed by atoms with Gasteiger partial charge in [-0.1, -0.05) is 34.6 Å². The summed E-state index contributed by atoms with van der Waals surface area (Å²) in [6.45, 7) is 12.5. The number of carbonyl (C=O) groups excluding carboxylic acids is 1. The zero-order chi connectivity index (χ0) is 19.5. The molecule has 0 aromatic rings. The number of rotatable bonds is 2. The van der Waals surface area contributed by atoms with Crippen LogP contribution in [0.2, 0.25) is 0 Å². The summed E-state index contributed by atoms with van der Waals surface area (Å²) in [5.41, 5.74) is -0.864. The van der Waals surface area contributed by atoms with Crippen molar-refractivity contribution in [3.8, 4) is 0 Å². The molecule has 3 rings (SSSR count). The van der Waals surface area contributed by atoms with Gasteiger partial charge in [-0.2, -0.15) is 0 Å². The summed E-state index contributed by atoms with van der Waals surface area (Å²) in [6, 6.07) is 0. The van der Waals surface area contributed by atoms with E-state index >= 15 is 0 Å². The van der Waals surface area contributed by atoms with E-state index in [0.29, 0.717) is 18.3 Å². The molecule has 3 fully saturated rings. The van der Waals surface area contributed by atoms with Crippen molar-refractivity contribution in [2.24, 2.45) is 34.5 Å². The van der Waals surface area contributed by atoms with E-state index in [2.05, 4.69) is 20.8 Å². The predicted molar refractivity (Wildman–Crippen MR) is 101 cm³/mol. The van der Waals surface area contributed by atoms with Crippen LogP contribution in [0.4, 0.5) is 0 Å². The molecule has 0 aliphatic heterocycles. The number of ether oxygens (including phenoxy) is 1. The van der Waals surface area contributed by atoms with Crippen molar-refractivity contribution in [3.63, 3.8) is 0 Å². The highest BCUT2D eigenvalue weighted by atomic mass is 16.5. The third kappa shape index (κ3) is 2.83. The molecule has 2 N–H and O–H groups in total. The van der Waals surface area contributed by atoms with E-state index in [0.717, 1.165) is 32.1 Å². The van der Waals surface area contributed by atoms with Gasteiger partial charge >= 0.3 is 5.97 Å². The van der Waals surface area contributed by atoms with Gasteiger partial charge in [0.25, 0.3) is 0 Å². The highest BCUT2D eigenvalue weighted by Gasteiger charge is 2.62. The summed E-state index contributed by atoms with van der Waals surface area (Å²) in [6.07, 6.45) is 4.94. The molecule has 4 heteroatoms. The van der Waals surface area contributed by atoms with Crippen LogP contribution >= 0.6 is 0 Å². The lowest BCUT2D eigenvalue weighted by Gasteiger charge is -2.64. The minimum absolute atomic E-state index is 0.0178. The molecule has 26 heavy (non-hydrogen) atoms. The SMILES string of the molecule is CC(=O)O[C@H]1CC[C@]2(C)[C@H]3CC[C@](O)(C(C)C)[C@@H](O)C3CC[C@H]2C1(C)C. The van der Waals surface area contributed by atoms with E-state index in [-0.39, 0.29) is 34.7 Å². The van der Waals surface area contributed by atoms with E-state index in [1.165, 1.54) is 6.92 Å². The Morgan fingerprint density at radius 3 is 2.31 bits per heavy atom. The van der Waals surface area contributed by atoms with Gasteiger partial charge < -0.3 is 14.9 Å². The number of hydrogen-bond donors (Lipinski definition) is 2. The molecule has 150 valence electrons. The predicted octanol–water partition coefficient (Wildman–Crippen LogP) is 3.93. The Bertz CT molecular complexity index is 556. The smallest absolute Gasteiger partial charge is 0.302 e. The Balaban J connectivity index is 1.87. The topological polar surface area (TPSA) is 66.8 Å². The quantitative estimate of drug-likeness (QED) is 0.727. The zero-order valence-corrected chi connectivity index (χ0v) is 17.4. The van der Waals surface area contributed by atoms with Crippen molar-refractivity contribution in [1.82, 2.24) is 0 Å². The minimum Gasteiger partial charge on any atom is -0.462 e. The molecule has 0 aromatic carbocycles. The molecule has 7 atom stereocenters. The maximum atomic E-state index is 11.6. The second-order valence-corrected chi connectivity index (χ2v) is 10.5. The van der Waals surface area contributed by atoms with E-state index in [9.17, 15) is 15.0 Å². The molecule has 0 bridgehead atoms. The Hall–Kier alpha value is -0.610. The maximum Gasteiger partial charge on any atom is 0.302 e. The number of esters is 1. The summed E-state index contributed by atoms with van der Waals surface area (Å²) in [7, 11) is 0. The highest BCUT2D eigenvalue weighted by molar-refractivity contribution is 5.66. The van der Waals surface area contributed by atoms with Gasteiger partial charge in [-0.15, -0.1) is 0 Å². The van der Waals surface area contributed by atoms with Gasteiger partial charge in [-0.05, 0) is 67.6 Å². The Morgan fingerprint density at radius 2 is 1.73 bits per heavy atom. The molecular weight excluding hydrogens is 328 g/mol. The number of aliphatic hydroxyl groups excluding tert-OH is 1. The largest absolute Gasteiger partial charge is 0.462 e. The lowest BCUT2D eigenvalue weighted by atomic mass is 9.42. The van der Waals surface area contributed by atoms with Gasteiger partial charge in [-0.25, -0.2) is 0 Å². The van der Waals surface area contributed by atoms with Gasteiger partial charge in [0.05, 0.1) is 11.7 Å². The molecule has 3 saturated carbocycles. The molecule has 1 unspecified atom stereocenters. The van der Waals surface area contributed by atoms with Crippen LogP contribution in [0.1, 0.15) is 80.1 Å². The van der Waals surface area contributed by atoms with E-state index in [1.54, 1.807) is 0 Å². The highest BCUT2D eigenvalue weighted by Crippen LogP contribution is 2.65. The molecule has 0 aromatic heterocycles. The Morgan fingerprint density at radius 1 is 1.08 bits per heavy atom. The molecule has 0 saturated heterocycles. The fourth-order valence-electron chi connectivity index (χ4n) is 7.13. The standard InChI is InChI=1S/C22H38O4/c1-13(2)22(25)12-9-16-15(19(22)24)7-8-17-20(4,5)18(26-14(3)23)10-11-21(16,17)6/h13,15-19,24-25H,7-12H2,1-6H3/t15?,16-,17-,18-,19-,21+,22-/m0/s1. The Kier molecular flexibility index (Phi) is 5.02. The monoisotopic (exact) mass is 366 g/mol. The Labute approximate surface area is 158 Å². The summed E-state index contributed by atoms with van der Waals surface area (Å²) in [5.74, 6) is 0.980. The first-order valence-electron chi connectivity index (χ1n) is 10.5. The van der Waals surface area contributed by atoms with E-state index in [1.807, 2.05) is 13.8 Å². The molecular formula is C22H38O4. The third-order valence-corrected chi connectivity index (χ3v) is 8.70. The second-order valence-electron chi connectivity index (χ2n) is 10.5. The van der Waals surface area contributed by atoms with E-state index in [4.69, 9.17) is 4.74 Å². The van der Waals surface area contributed by atoms with Crippen molar-refractivity contribution in [2.45, 2.75) is 97.9 Å². The lowest BCUT2D eigenvalue weighted by molar-refractivity contribution is -0.227. The summed E-state index contributed by atoms with van der Waals surface area (Å²) >= 11 is 0. The first-order valence-corrected chi connectivity index (χ1v) is 10.5. The van der Waals surface area contributed by atoms with Crippen LogP contribution in [0.3, 0.4) is 0 Å². The van der Waals surface area contributed by atoms with E-state index < -0.39 is 11.7 Å². The minimum atomic E-state index is -0.950. The normalized spacial score (nSPS) is 47.8. The fourth-order valence-corrected chi connectivity index (χ4v) is 7.13. The van der Waals surface area contributed by atoms with Crippen LogP contribution in [0, 0.1) is 34.5 Å². The molecule has 0 spiro atoms. The third-order valence-electron chi connectivity index (χ3n) is 8.70. The van der Waals surface area contributed by atoms with Gasteiger partial charge in [-0.3, -0.25) is 4.79 Å². The average Bonchev–Trinajstić information content (AvgIpc) is 2.53. The average molecular weight is 367 g/mol. The van der Waals surface area contributed by atoms with Crippen molar-refractivity contribution in [2.75, 3.05) is 0 Å². The number of hydrogen-bond acceptors (Lipinski definition) is 4. The number of aliphatic hydroxyl groups is 2. The molecule has 0 heterocycles. The molecule has 0 radical (unpaired) electrons. The lowest BCUT2D eigenvalue weighted by Crippen LogP contribution is -2.63. The number of carbonyl (C=O) groups is 1. The summed E-state index contributed by atoms with van der Waals surface area (Å²) in [4.78, 5) is 11.6. The first kappa shape index (κ1) is 20.1. The zero-order valence-electron chi connectivity index (χ0n) is 17.4. The van der Waals surface area contributed by atoms with Crippen LogP contribution in [-0.2, 0) is 9.53 Å². The van der Waals surface area contributed by atoms with Crippen LogP contribution in [0.25, 0.3) is 0 Å². The van der Waals surface area contributed by atoms with Crippen molar-refractivity contribution in [3.05, 3.63) is 0 Å². The van der Waals surface area contributed by atoms with Gasteiger partial charge in [0.1, 0.15) is 6.10 Å². The van der Waals surface area contributed by atoms with Crippen molar-refractivity contribution < 1.29 is 19.7 Å². The first-order chi connectivity index (χ1) is 11.9. The molecule has 0 amide bonds. The van der Waals surface area contributed by atoms with Crippen LogP contribution in [-0.4, -0.2) is 34.0 Å². The van der Waals surface area contributed by atoms with Gasteiger partial charge in [0, 0.05) is 12.3 Å².